The molecule has 0 N–H and O–H groups in total. The molecular weight excluding hydrogens is 344 g/mol. The number of hydrogen-bond donors (Lipinski definition) is 0. The molecule has 8 atom stereocenters. The van der Waals surface area contributed by atoms with E-state index in [1.807, 2.05) is 19.1 Å². The third kappa shape index (κ3) is 2.66. The lowest BCUT2D eigenvalue weighted by molar-refractivity contribution is -0.575. The fourth-order valence-corrected chi connectivity index (χ4v) is 5.76. The molecule has 2 bridgehead atoms. The maximum Gasteiger partial charge on any atom is 0.205 e. The minimum atomic E-state index is -0.744. The molecule has 27 heavy (non-hydrogen) atoms. The quantitative estimate of drug-likeness (QED) is 0.709. The Balaban J connectivity index is 1.48. The second-order valence-electron chi connectivity index (χ2n) is 9.20. The Labute approximate surface area is 161 Å². The molecule has 5 nitrogen and oxygen atoms in total. The van der Waals surface area contributed by atoms with Gasteiger partial charge >= 0.3 is 0 Å². The van der Waals surface area contributed by atoms with E-state index in [-0.39, 0.29) is 18.1 Å². The van der Waals surface area contributed by atoms with Gasteiger partial charge in [0.2, 0.25) is 12.1 Å². The Bertz CT molecular complexity index is 705. The predicted molar refractivity (Wildman–Crippen MR) is 98.6 cm³/mol. The van der Waals surface area contributed by atoms with Crippen molar-refractivity contribution in [3.05, 3.63) is 29.8 Å². The largest absolute Gasteiger partial charge is 0.465 e. The molecule has 5 aliphatic rings. The first-order valence-electron chi connectivity index (χ1n) is 10.3. The van der Waals surface area contributed by atoms with Crippen molar-refractivity contribution in [1.82, 2.24) is 0 Å². The smallest absolute Gasteiger partial charge is 0.205 e. The standard InChI is InChI=1S/C22H30O5/c1-13-5-8-16(9-6-13)23-19-15(3)18-10-7-14(2)17-11-12-21(4)25-20(24-19)22(17,18)27-26-21/h5-6,8-9,14-15,17-20H,7,10-12H2,1-4H3/t14-,15-,17+,18+,19+,20-,21+,22-/m1/s1. The summed E-state index contributed by atoms with van der Waals surface area (Å²) in [6.45, 7) is 8.57. The molecule has 4 aliphatic heterocycles. The summed E-state index contributed by atoms with van der Waals surface area (Å²) in [4.78, 5) is 12.0. The predicted octanol–water partition coefficient (Wildman–Crippen LogP) is 4.58. The van der Waals surface area contributed by atoms with Gasteiger partial charge in [-0.15, -0.1) is 0 Å². The number of aryl methyl sites for hydroxylation is 1. The summed E-state index contributed by atoms with van der Waals surface area (Å²) < 4.78 is 19.1. The maximum absolute atomic E-state index is 6.44. The minimum Gasteiger partial charge on any atom is -0.465 e. The molecule has 0 radical (unpaired) electrons. The lowest BCUT2D eigenvalue weighted by Crippen LogP contribution is -2.70. The third-order valence-corrected chi connectivity index (χ3v) is 7.37. The highest BCUT2D eigenvalue weighted by atomic mass is 17.3. The molecule has 1 aromatic rings. The van der Waals surface area contributed by atoms with E-state index >= 15 is 0 Å². The first-order chi connectivity index (χ1) is 12.9. The Kier molecular flexibility index (Phi) is 4.10. The van der Waals surface area contributed by atoms with Gasteiger partial charge in [0, 0.05) is 18.3 Å². The van der Waals surface area contributed by atoms with Gasteiger partial charge < -0.3 is 14.2 Å². The summed E-state index contributed by atoms with van der Waals surface area (Å²) in [5.41, 5.74) is 0.686. The van der Waals surface area contributed by atoms with Gasteiger partial charge in [-0.1, -0.05) is 31.5 Å². The Morgan fingerprint density at radius 3 is 2.56 bits per heavy atom. The van der Waals surface area contributed by atoms with Crippen molar-refractivity contribution in [3.63, 3.8) is 0 Å². The third-order valence-electron chi connectivity index (χ3n) is 7.37. The summed E-state index contributed by atoms with van der Waals surface area (Å²) in [5, 5.41) is 0. The van der Waals surface area contributed by atoms with Crippen molar-refractivity contribution in [2.24, 2.45) is 23.7 Å². The molecule has 1 aliphatic carbocycles. The summed E-state index contributed by atoms with van der Waals surface area (Å²) in [5.74, 6) is 1.51. The van der Waals surface area contributed by atoms with E-state index in [0.717, 1.165) is 25.0 Å². The second kappa shape index (κ2) is 6.18. The molecule has 0 aromatic heterocycles. The number of ether oxygens (including phenoxy) is 3. The fraction of sp³-hybridized carbons (Fsp3) is 0.727. The number of hydrogen-bond acceptors (Lipinski definition) is 5. The van der Waals surface area contributed by atoms with Gasteiger partial charge in [-0.25, -0.2) is 9.78 Å². The Morgan fingerprint density at radius 1 is 1.00 bits per heavy atom. The van der Waals surface area contributed by atoms with Crippen LogP contribution in [-0.2, 0) is 19.2 Å². The normalized spacial score (nSPS) is 48.6. The van der Waals surface area contributed by atoms with E-state index in [1.54, 1.807) is 0 Å². The van der Waals surface area contributed by atoms with Crippen LogP contribution in [0.5, 0.6) is 5.75 Å². The maximum atomic E-state index is 6.44. The van der Waals surface area contributed by atoms with Crippen LogP contribution in [-0.4, -0.2) is 24.0 Å². The van der Waals surface area contributed by atoms with Gasteiger partial charge in [0.05, 0.1) is 0 Å². The second-order valence-corrected chi connectivity index (χ2v) is 9.20. The first kappa shape index (κ1) is 17.9. The van der Waals surface area contributed by atoms with E-state index in [4.69, 9.17) is 24.0 Å². The zero-order chi connectivity index (χ0) is 18.8. The van der Waals surface area contributed by atoms with E-state index < -0.39 is 17.7 Å². The van der Waals surface area contributed by atoms with Crippen molar-refractivity contribution in [3.8, 4) is 5.75 Å². The van der Waals surface area contributed by atoms with Crippen LogP contribution >= 0.6 is 0 Å². The molecule has 1 spiro atoms. The van der Waals surface area contributed by atoms with Crippen LogP contribution in [0, 0.1) is 30.6 Å². The fourth-order valence-electron chi connectivity index (χ4n) is 5.76. The van der Waals surface area contributed by atoms with Crippen LogP contribution in [0.15, 0.2) is 24.3 Å². The molecule has 0 amide bonds. The molecule has 5 heteroatoms. The average Bonchev–Trinajstić information content (AvgIpc) is 2.87. The molecular formula is C22H30O5. The molecule has 6 rings (SSSR count). The zero-order valence-electron chi connectivity index (χ0n) is 16.6. The van der Waals surface area contributed by atoms with Crippen molar-refractivity contribution in [1.29, 1.82) is 0 Å². The molecule has 1 aromatic carbocycles. The highest BCUT2D eigenvalue weighted by Crippen LogP contribution is 2.60. The molecule has 4 saturated heterocycles. The van der Waals surface area contributed by atoms with Crippen molar-refractivity contribution in [2.45, 2.75) is 77.3 Å². The summed E-state index contributed by atoms with van der Waals surface area (Å²) in [6, 6.07) is 8.13. The highest BCUT2D eigenvalue weighted by molar-refractivity contribution is 5.26. The zero-order valence-corrected chi connectivity index (χ0v) is 16.6. The number of fused-ring (bicyclic) bond motifs is 2. The van der Waals surface area contributed by atoms with E-state index in [2.05, 4.69) is 32.9 Å². The van der Waals surface area contributed by atoms with Gasteiger partial charge in [0.1, 0.15) is 5.75 Å². The van der Waals surface area contributed by atoms with E-state index in [1.165, 1.54) is 12.0 Å². The molecule has 0 unspecified atom stereocenters. The topological polar surface area (TPSA) is 46.2 Å². The molecule has 5 fully saturated rings. The van der Waals surface area contributed by atoms with Gasteiger partial charge in [-0.3, -0.25) is 0 Å². The summed E-state index contributed by atoms with van der Waals surface area (Å²) in [7, 11) is 0. The SMILES string of the molecule is Cc1ccc(O[C@H]2O[C@@H]3O[C@]4(C)CC[C@H]5[C@H](C)CC[C@@H]([C@H]2C)[C@@]35OO4)cc1. The highest BCUT2D eigenvalue weighted by Gasteiger charge is 2.69. The summed E-state index contributed by atoms with van der Waals surface area (Å²) in [6.07, 6.45) is 3.34. The average molecular weight is 374 g/mol. The van der Waals surface area contributed by atoms with Crippen LogP contribution in [0.2, 0.25) is 0 Å². The Hall–Kier alpha value is -1.14. The van der Waals surface area contributed by atoms with Gasteiger partial charge in [0.25, 0.3) is 0 Å². The van der Waals surface area contributed by atoms with Crippen LogP contribution in [0.4, 0.5) is 0 Å². The van der Waals surface area contributed by atoms with E-state index in [9.17, 15) is 0 Å². The van der Waals surface area contributed by atoms with Crippen LogP contribution in [0.25, 0.3) is 0 Å². The Morgan fingerprint density at radius 2 is 1.78 bits per heavy atom. The van der Waals surface area contributed by atoms with Gasteiger partial charge in [-0.05, 0) is 57.1 Å². The van der Waals surface area contributed by atoms with E-state index in [0.29, 0.717) is 11.8 Å². The number of rotatable bonds is 2. The van der Waals surface area contributed by atoms with Crippen LogP contribution in [0.3, 0.4) is 0 Å². The van der Waals surface area contributed by atoms with Crippen molar-refractivity contribution >= 4 is 0 Å². The van der Waals surface area contributed by atoms with Crippen LogP contribution in [0.1, 0.15) is 52.0 Å². The van der Waals surface area contributed by atoms with Gasteiger partial charge in [-0.2, -0.15) is 0 Å². The lowest BCUT2D eigenvalue weighted by Gasteiger charge is -2.60. The first-order valence-corrected chi connectivity index (χ1v) is 10.3. The molecule has 1 saturated carbocycles. The van der Waals surface area contributed by atoms with Crippen LogP contribution < -0.4 is 4.74 Å². The van der Waals surface area contributed by atoms with Crippen molar-refractivity contribution in [2.75, 3.05) is 0 Å². The summed E-state index contributed by atoms with van der Waals surface area (Å²) >= 11 is 0. The minimum absolute atomic E-state index is 0.187. The molecule has 148 valence electrons. The molecule has 4 heterocycles. The monoisotopic (exact) mass is 374 g/mol. The van der Waals surface area contributed by atoms with Gasteiger partial charge in [0.15, 0.2) is 11.9 Å². The lowest BCUT2D eigenvalue weighted by atomic mass is 9.58. The van der Waals surface area contributed by atoms with Crippen molar-refractivity contribution < 1.29 is 24.0 Å². The number of benzene rings is 1.